The monoisotopic (exact) mass is 323 g/mol. The van der Waals surface area contributed by atoms with Crippen LogP contribution in [0.5, 0.6) is 0 Å². The third-order valence-corrected chi connectivity index (χ3v) is 4.44. The first-order chi connectivity index (χ1) is 11.4. The molecule has 24 heavy (non-hydrogen) atoms. The number of nitrogen functional groups attached to an aromatic ring is 1. The number of hydrogen-bond acceptors (Lipinski definition) is 5. The molecule has 1 aliphatic heterocycles. The van der Waals surface area contributed by atoms with Crippen LogP contribution in [-0.4, -0.2) is 28.1 Å². The highest BCUT2D eigenvalue weighted by Gasteiger charge is 2.39. The molecule has 1 aromatic carbocycles. The molecule has 1 atom stereocenters. The SMILES string of the molecule is Cc1ccc(N2CC[C@@H](C(=O)n3ncc(C#N)c3N)C2=O)cc1C. The molecule has 1 aromatic heterocycles. The Morgan fingerprint density at radius 2 is 2.12 bits per heavy atom. The second kappa shape index (κ2) is 5.81. The van der Waals surface area contributed by atoms with Crippen molar-refractivity contribution in [2.75, 3.05) is 17.2 Å². The Bertz CT molecular complexity index is 878. The minimum atomic E-state index is -0.833. The van der Waals surface area contributed by atoms with Gasteiger partial charge in [-0.1, -0.05) is 6.07 Å². The number of aromatic nitrogens is 2. The van der Waals surface area contributed by atoms with Gasteiger partial charge in [0, 0.05) is 12.2 Å². The minimum Gasteiger partial charge on any atom is -0.382 e. The van der Waals surface area contributed by atoms with Crippen LogP contribution in [-0.2, 0) is 4.79 Å². The fourth-order valence-corrected chi connectivity index (χ4v) is 2.83. The van der Waals surface area contributed by atoms with Crippen molar-refractivity contribution in [3.8, 4) is 6.07 Å². The normalized spacial score (nSPS) is 17.1. The predicted octanol–water partition coefficient (Wildman–Crippen LogP) is 1.65. The summed E-state index contributed by atoms with van der Waals surface area (Å²) in [5.74, 6) is -1.62. The van der Waals surface area contributed by atoms with Crippen LogP contribution in [0.4, 0.5) is 11.5 Å². The van der Waals surface area contributed by atoms with Crippen LogP contribution in [0.25, 0.3) is 0 Å². The van der Waals surface area contributed by atoms with Gasteiger partial charge in [-0.05, 0) is 43.5 Å². The standard InChI is InChI=1S/C17H17N5O2/c1-10-3-4-13(7-11(10)2)21-6-5-14(16(21)23)17(24)22-15(19)12(8-18)9-20-22/h3-4,7,9,14H,5-6,19H2,1-2H3/t14-/m1/s1. The number of nitriles is 1. The largest absolute Gasteiger partial charge is 0.382 e. The molecule has 7 heteroatoms. The summed E-state index contributed by atoms with van der Waals surface area (Å²) in [6, 6.07) is 7.64. The molecule has 0 unspecified atom stereocenters. The lowest BCUT2D eigenvalue weighted by Gasteiger charge is -2.18. The van der Waals surface area contributed by atoms with Crippen LogP contribution in [0.15, 0.2) is 24.4 Å². The molecule has 122 valence electrons. The van der Waals surface area contributed by atoms with Crippen LogP contribution < -0.4 is 10.6 Å². The van der Waals surface area contributed by atoms with Crippen molar-refractivity contribution in [3.05, 3.63) is 41.1 Å². The van der Waals surface area contributed by atoms with E-state index in [1.54, 1.807) is 4.90 Å². The molecular weight excluding hydrogens is 306 g/mol. The van der Waals surface area contributed by atoms with Crippen LogP contribution in [0, 0.1) is 31.1 Å². The minimum absolute atomic E-state index is 0.0278. The molecule has 2 N–H and O–H groups in total. The maximum Gasteiger partial charge on any atom is 0.261 e. The highest BCUT2D eigenvalue weighted by atomic mass is 16.2. The number of nitrogens with two attached hydrogens (primary N) is 1. The van der Waals surface area contributed by atoms with E-state index in [1.807, 2.05) is 38.1 Å². The van der Waals surface area contributed by atoms with E-state index in [0.717, 1.165) is 21.5 Å². The third kappa shape index (κ3) is 2.42. The number of hydrogen-bond donors (Lipinski definition) is 1. The Kier molecular flexibility index (Phi) is 3.81. The van der Waals surface area contributed by atoms with Crippen molar-refractivity contribution in [3.63, 3.8) is 0 Å². The van der Waals surface area contributed by atoms with E-state index in [-0.39, 0.29) is 17.3 Å². The van der Waals surface area contributed by atoms with Crippen molar-refractivity contribution in [2.45, 2.75) is 20.3 Å². The van der Waals surface area contributed by atoms with E-state index < -0.39 is 11.8 Å². The quantitative estimate of drug-likeness (QED) is 0.846. The average Bonchev–Trinajstić information content (AvgIpc) is 3.12. The van der Waals surface area contributed by atoms with Gasteiger partial charge in [0.25, 0.3) is 5.91 Å². The van der Waals surface area contributed by atoms with Crippen molar-refractivity contribution in [2.24, 2.45) is 5.92 Å². The summed E-state index contributed by atoms with van der Waals surface area (Å²) < 4.78 is 0.949. The summed E-state index contributed by atoms with van der Waals surface area (Å²) in [5.41, 5.74) is 8.88. The van der Waals surface area contributed by atoms with E-state index in [0.29, 0.717) is 13.0 Å². The molecule has 7 nitrogen and oxygen atoms in total. The molecule has 1 aliphatic rings. The van der Waals surface area contributed by atoms with Crippen LogP contribution in [0.1, 0.15) is 27.9 Å². The van der Waals surface area contributed by atoms with E-state index in [9.17, 15) is 9.59 Å². The fraction of sp³-hybridized carbons (Fsp3) is 0.294. The lowest BCUT2D eigenvalue weighted by Crippen LogP contribution is -2.33. The molecule has 1 amide bonds. The maximum atomic E-state index is 12.7. The molecular formula is C17H17N5O2. The van der Waals surface area contributed by atoms with Gasteiger partial charge in [0.1, 0.15) is 23.4 Å². The topological polar surface area (TPSA) is 105 Å². The highest BCUT2D eigenvalue weighted by molar-refractivity contribution is 6.10. The van der Waals surface area contributed by atoms with Crippen LogP contribution in [0.2, 0.25) is 0 Å². The predicted molar refractivity (Wildman–Crippen MR) is 88.4 cm³/mol. The fourth-order valence-electron chi connectivity index (χ4n) is 2.83. The second-order valence-electron chi connectivity index (χ2n) is 5.91. The van der Waals surface area contributed by atoms with Crippen molar-refractivity contribution >= 4 is 23.3 Å². The van der Waals surface area contributed by atoms with Gasteiger partial charge in [-0.2, -0.15) is 15.0 Å². The zero-order valence-electron chi connectivity index (χ0n) is 13.5. The summed E-state index contributed by atoms with van der Waals surface area (Å²) >= 11 is 0. The second-order valence-corrected chi connectivity index (χ2v) is 5.91. The van der Waals surface area contributed by atoms with E-state index in [4.69, 9.17) is 11.0 Å². The van der Waals surface area contributed by atoms with Crippen molar-refractivity contribution in [1.29, 1.82) is 5.26 Å². The van der Waals surface area contributed by atoms with Gasteiger partial charge in [-0.25, -0.2) is 0 Å². The Hall–Kier alpha value is -3.14. The van der Waals surface area contributed by atoms with Gasteiger partial charge >= 0.3 is 0 Å². The van der Waals surface area contributed by atoms with E-state index in [1.165, 1.54) is 6.20 Å². The van der Waals surface area contributed by atoms with Gasteiger partial charge in [-0.15, -0.1) is 0 Å². The molecule has 1 fully saturated rings. The number of carbonyl (C=O) groups is 2. The Morgan fingerprint density at radius 3 is 2.75 bits per heavy atom. The molecule has 0 spiro atoms. The number of aryl methyl sites for hydroxylation is 2. The first kappa shape index (κ1) is 15.7. The van der Waals surface area contributed by atoms with Gasteiger partial charge < -0.3 is 10.6 Å². The van der Waals surface area contributed by atoms with Gasteiger partial charge in [0.15, 0.2) is 0 Å². The summed E-state index contributed by atoms with van der Waals surface area (Å²) in [6.45, 7) is 4.45. The number of amides is 1. The number of nitrogens with zero attached hydrogens (tertiary/aromatic N) is 4. The van der Waals surface area contributed by atoms with Crippen LogP contribution >= 0.6 is 0 Å². The molecule has 1 saturated heterocycles. The summed E-state index contributed by atoms with van der Waals surface area (Å²) in [6.07, 6.45) is 1.62. The zero-order chi connectivity index (χ0) is 17.4. The molecule has 0 aliphatic carbocycles. The number of carbonyl (C=O) groups excluding carboxylic acids is 2. The number of rotatable bonds is 2. The molecule has 2 heterocycles. The lowest BCUT2D eigenvalue weighted by atomic mass is 10.1. The molecule has 0 radical (unpaired) electrons. The smallest absolute Gasteiger partial charge is 0.261 e. The first-order valence-electron chi connectivity index (χ1n) is 7.60. The Morgan fingerprint density at radius 1 is 1.38 bits per heavy atom. The molecule has 0 bridgehead atoms. The van der Waals surface area contributed by atoms with Gasteiger partial charge in [0.05, 0.1) is 6.20 Å². The zero-order valence-corrected chi connectivity index (χ0v) is 13.5. The number of benzene rings is 1. The summed E-state index contributed by atoms with van der Waals surface area (Å²) in [4.78, 5) is 26.8. The van der Waals surface area contributed by atoms with Crippen molar-refractivity contribution < 1.29 is 9.59 Å². The summed E-state index contributed by atoms with van der Waals surface area (Å²) in [7, 11) is 0. The molecule has 3 rings (SSSR count). The van der Waals surface area contributed by atoms with Crippen LogP contribution in [0.3, 0.4) is 0 Å². The first-order valence-corrected chi connectivity index (χ1v) is 7.60. The van der Waals surface area contributed by atoms with Crippen molar-refractivity contribution in [1.82, 2.24) is 9.78 Å². The summed E-state index contributed by atoms with van der Waals surface area (Å²) in [5, 5.41) is 12.7. The van der Waals surface area contributed by atoms with Gasteiger partial charge in [0.2, 0.25) is 5.91 Å². The van der Waals surface area contributed by atoms with E-state index in [2.05, 4.69) is 5.10 Å². The Labute approximate surface area is 139 Å². The Balaban J connectivity index is 1.85. The average molecular weight is 323 g/mol. The number of anilines is 2. The maximum absolute atomic E-state index is 12.7. The highest BCUT2D eigenvalue weighted by Crippen LogP contribution is 2.28. The van der Waals surface area contributed by atoms with E-state index >= 15 is 0 Å². The third-order valence-electron chi connectivity index (χ3n) is 4.44. The molecule has 2 aromatic rings. The molecule has 0 saturated carbocycles. The van der Waals surface area contributed by atoms with Gasteiger partial charge in [-0.3, -0.25) is 9.59 Å². The lowest BCUT2D eigenvalue weighted by molar-refractivity contribution is -0.119.